The van der Waals surface area contributed by atoms with Crippen LogP contribution in [0.4, 0.5) is 0 Å². The van der Waals surface area contributed by atoms with Crippen LogP contribution < -0.4 is 0 Å². The van der Waals surface area contributed by atoms with Crippen molar-refractivity contribution in [2.24, 2.45) is 0 Å². The van der Waals surface area contributed by atoms with E-state index >= 15 is 0 Å². The Morgan fingerprint density at radius 3 is 2.00 bits per heavy atom. The second kappa shape index (κ2) is 7.65. The first-order chi connectivity index (χ1) is 9.76. The van der Waals surface area contributed by atoms with Gasteiger partial charge in [0.2, 0.25) is 0 Å². The van der Waals surface area contributed by atoms with Gasteiger partial charge in [-0.3, -0.25) is 4.57 Å². The summed E-state index contributed by atoms with van der Waals surface area (Å²) in [5.41, 5.74) is 0.540. The van der Waals surface area contributed by atoms with Crippen molar-refractivity contribution in [1.29, 1.82) is 0 Å². The molecule has 0 fully saturated rings. The van der Waals surface area contributed by atoms with Gasteiger partial charge in [0.15, 0.2) is 0 Å². The lowest BCUT2D eigenvalue weighted by Crippen LogP contribution is -2.33. The normalized spacial score (nSPS) is 15.7. The molecule has 2 atom stereocenters. The van der Waals surface area contributed by atoms with Gasteiger partial charge in [0.1, 0.15) is 18.6 Å². The van der Waals surface area contributed by atoms with Gasteiger partial charge in [-0.2, -0.15) is 0 Å². The first-order valence-electron chi connectivity index (χ1n) is 6.81. The molecule has 1 aromatic carbocycles. The Labute approximate surface area is 127 Å². The fraction of sp³-hybridized carbons (Fsp3) is 0.571. The molecule has 0 saturated heterocycles. The van der Waals surface area contributed by atoms with Gasteiger partial charge in [0.25, 0.3) is 4.99 Å². The summed E-state index contributed by atoms with van der Waals surface area (Å²) in [6, 6.07) is 8.73. The van der Waals surface area contributed by atoms with Gasteiger partial charge in [-0.25, -0.2) is 0 Å². The summed E-state index contributed by atoms with van der Waals surface area (Å²) < 4.78 is 36.2. The summed E-state index contributed by atoms with van der Waals surface area (Å²) in [5.74, 6) is 0. The van der Waals surface area contributed by atoms with Gasteiger partial charge in [0.05, 0.1) is 23.1 Å². The molecule has 0 aliphatic rings. The Balaban J connectivity index is 3.29. The fourth-order valence-corrected chi connectivity index (χ4v) is 7.39. The maximum absolute atomic E-state index is 13.0. The van der Waals surface area contributed by atoms with E-state index in [1.54, 1.807) is 38.1 Å². The van der Waals surface area contributed by atoms with E-state index in [1.807, 2.05) is 6.07 Å². The molecule has 2 unspecified atom stereocenters. The second-order valence-electron chi connectivity index (χ2n) is 4.93. The first kappa shape index (κ1) is 18.5. The summed E-state index contributed by atoms with van der Waals surface area (Å²) in [6.07, 6.45) is 1.75. The molecule has 1 N–H and O–H groups in total. The summed E-state index contributed by atoms with van der Waals surface area (Å²) in [4.78, 5) is -1.10. The molecule has 0 heterocycles. The van der Waals surface area contributed by atoms with E-state index in [1.165, 1.54) is 12.5 Å². The van der Waals surface area contributed by atoms with E-state index in [2.05, 4.69) is 0 Å². The molecule has 1 rings (SSSR count). The number of benzene rings is 1. The van der Waals surface area contributed by atoms with Crippen LogP contribution in [0, 0.1) is 0 Å². The highest BCUT2D eigenvalue weighted by Crippen LogP contribution is 2.59. The third-order valence-corrected chi connectivity index (χ3v) is 8.78. The molecule has 0 amide bonds. The van der Waals surface area contributed by atoms with Crippen molar-refractivity contribution in [3.05, 3.63) is 35.9 Å². The zero-order valence-corrected chi connectivity index (χ0v) is 14.6. The summed E-state index contributed by atoms with van der Waals surface area (Å²) in [6.45, 7) is 3.69. The van der Waals surface area contributed by atoms with Crippen LogP contribution >= 0.6 is 7.60 Å². The van der Waals surface area contributed by atoms with Crippen LogP contribution in [-0.2, 0) is 27.8 Å². The van der Waals surface area contributed by atoms with Crippen molar-refractivity contribution in [3.63, 3.8) is 0 Å². The number of hydrogen-bond acceptors (Lipinski definition) is 5. The average molecular weight is 335 g/mol. The minimum absolute atomic E-state index is 0.158. The van der Waals surface area contributed by atoms with Crippen molar-refractivity contribution < 1.29 is 22.9 Å². The van der Waals surface area contributed by atoms with Gasteiger partial charge in [-0.15, -0.1) is 4.21 Å². The van der Waals surface area contributed by atoms with Gasteiger partial charge in [0, 0.05) is 0 Å². The molecular weight excluding hydrogens is 311 g/mol. The van der Waals surface area contributed by atoms with Crippen LogP contribution in [0.15, 0.2) is 30.3 Å². The van der Waals surface area contributed by atoms with Crippen molar-refractivity contribution >= 4 is 17.5 Å². The van der Waals surface area contributed by atoms with Gasteiger partial charge >= 0.3 is 7.60 Å². The van der Waals surface area contributed by atoms with Crippen molar-refractivity contribution in [3.8, 4) is 0 Å². The van der Waals surface area contributed by atoms with Crippen LogP contribution in [0.5, 0.6) is 0 Å². The average Bonchev–Trinajstić information content (AvgIpc) is 2.38. The van der Waals surface area contributed by atoms with Crippen LogP contribution in [0.3, 0.4) is 0 Å². The summed E-state index contributed by atoms with van der Waals surface area (Å²) in [5, 5.41) is 10.6. The lowest BCUT2D eigenvalue weighted by molar-refractivity contribution is 0.160. The molecule has 0 radical (unpaired) electrons. The minimum Gasteiger partial charge on any atom is -0.382 e. The zero-order valence-electron chi connectivity index (χ0n) is 12.9. The number of aliphatic hydroxyl groups excluding tert-OH is 1. The number of rotatable bonds is 8. The molecule has 0 aromatic heterocycles. The molecule has 0 bridgehead atoms. The van der Waals surface area contributed by atoms with Crippen LogP contribution in [0.25, 0.3) is 0 Å². The Kier molecular flexibility index (Phi) is 6.75. The quantitative estimate of drug-likeness (QED) is 0.584. The largest absolute Gasteiger partial charge is 0.385 e. The van der Waals surface area contributed by atoms with Crippen LogP contribution in [-0.4, -0.2) is 35.8 Å². The standard InChI is InChI=1S/C14H24O5PS/c1-5-18-20(16,19-6-2)14(21(3,4)17)13(15)12-10-8-7-9-11-12/h7-11,13-15H,5-6H2,1-4H3/q+1. The fourth-order valence-electron chi connectivity index (χ4n) is 2.15. The summed E-state index contributed by atoms with van der Waals surface area (Å²) in [7, 11) is -6.33. The Morgan fingerprint density at radius 1 is 1.14 bits per heavy atom. The second-order valence-corrected chi connectivity index (χ2v) is 10.6. The predicted octanol–water partition coefficient (Wildman–Crippen LogP) is 3.07. The topological polar surface area (TPSA) is 72.8 Å². The Morgan fingerprint density at radius 2 is 1.62 bits per heavy atom. The minimum atomic E-state index is -3.70. The molecular formula is C14H24O5PS+. The molecule has 5 nitrogen and oxygen atoms in total. The van der Waals surface area contributed by atoms with E-state index in [9.17, 15) is 13.9 Å². The zero-order chi connectivity index (χ0) is 16.1. The van der Waals surface area contributed by atoms with Crippen LogP contribution in [0.1, 0.15) is 25.5 Å². The van der Waals surface area contributed by atoms with Crippen LogP contribution in [0.2, 0.25) is 0 Å². The molecule has 0 aliphatic heterocycles. The number of hydrogen-bond donors (Lipinski definition) is 1. The van der Waals surface area contributed by atoms with Gasteiger partial charge in [-0.05, 0) is 19.4 Å². The molecule has 120 valence electrons. The molecule has 1 aromatic rings. The van der Waals surface area contributed by atoms with E-state index in [-0.39, 0.29) is 13.2 Å². The summed E-state index contributed by atoms with van der Waals surface area (Å²) >= 11 is 0. The number of aliphatic hydroxyl groups is 1. The van der Waals surface area contributed by atoms with Crippen molar-refractivity contribution in [2.75, 3.05) is 25.7 Å². The highest BCUT2D eigenvalue weighted by Gasteiger charge is 2.53. The molecule has 0 saturated carbocycles. The third kappa shape index (κ3) is 4.73. The van der Waals surface area contributed by atoms with Crippen molar-refractivity contribution in [1.82, 2.24) is 0 Å². The molecule has 0 aliphatic carbocycles. The van der Waals surface area contributed by atoms with Gasteiger partial charge in [-0.1, -0.05) is 30.3 Å². The van der Waals surface area contributed by atoms with Gasteiger partial charge < -0.3 is 14.2 Å². The smallest absolute Gasteiger partial charge is 0.382 e. The van der Waals surface area contributed by atoms with Crippen molar-refractivity contribution in [2.45, 2.75) is 24.9 Å². The maximum atomic E-state index is 13.0. The lowest BCUT2D eigenvalue weighted by atomic mass is 10.1. The molecule has 7 heteroatoms. The van der Waals surface area contributed by atoms with E-state index in [4.69, 9.17) is 9.05 Å². The van der Waals surface area contributed by atoms with E-state index in [0.717, 1.165) is 0 Å². The third-order valence-electron chi connectivity index (χ3n) is 2.92. The highest BCUT2D eigenvalue weighted by atomic mass is 32.2. The van der Waals surface area contributed by atoms with E-state index < -0.39 is 28.6 Å². The predicted molar refractivity (Wildman–Crippen MR) is 85.9 cm³/mol. The molecule has 21 heavy (non-hydrogen) atoms. The Bertz CT molecular complexity index is 517. The Hall–Kier alpha value is -0.520. The van der Waals surface area contributed by atoms with E-state index in [0.29, 0.717) is 5.56 Å². The first-order valence-corrected chi connectivity index (χ1v) is 10.9. The monoisotopic (exact) mass is 335 g/mol. The highest BCUT2D eigenvalue weighted by molar-refractivity contribution is 8.07. The maximum Gasteiger partial charge on any atom is 0.385 e. The molecule has 0 spiro atoms. The lowest BCUT2D eigenvalue weighted by Gasteiger charge is -2.28. The SMILES string of the molecule is CCOP(=O)(OCC)C(C(O)c1ccccc1)[S+](C)(C)=O.